The minimum absolute atomic E-state index is 0.00304. The van der Waals surface area contributed by atoms with Gasteiger partial charge in [-0.3, -0.25) is 4.79 Å². The quantitative estimate of drug-likeness (QED) is 0.640. The Morgan fingerprint density at radius 1 is 1.25 bits per heavy atom. The molecule has 5 nitrogen and oxygen atoms in total. The first-order valence-corrected chi connectivity index (χ1v) is 9.41. The van der Waals surface area contributed by atoms with Crippen molar-refractivity contribution in [1.82, 2.24) is 15.0 Å². The number of aryl methyl sites for hydroxylation is 2. The zero-order chi connectivity index (χ0) is 19.8. The van der Waals surface area contributed by atoms with E-state index in [4.69, 9.17) is 16.1 Å². The number of hydrogen-bond acceptors (Lipinski definition) is 4. The van der Waals surface area contributed by atoms with Crippen LogP contribution in [0, 0.1) is 19.7 Å². The molecule has 3 aromatic rings. The van der Waals surface area contributed by atoms with Gasteiger partial charge in [-0.15, -0.1) is 0 Å². The number of hydrogen-bond donors (Lipinski definition) is 0. The van der Waals surface area contributed by atoms with E-state index in [-0.39, 0.29) is 16.8 Å². The number of amides is 1. The van der Waals surface area contributed by atoms with E-state index in [2.05, 4.69) is 16.2 Å². The third-order valence-corrected chi connectivity index (χ3v) is 5.28. The second-order valence-corrected chi connectivity index (χ2v) is 7.61. The van der Waals surface area contributed by atoms with Crippen LogP contribution in [0.1, 0.15) is 34.9 Å². The number of carbonyl (C=O) groups excluding carboxylic acids is 1. The van der Waals surface area contributed by atoms with Gasteiger partial charge >= 0.3 is 0 Å². The molecule has 144 valence electrons. The van der Waals surface area contributed by atoms with E-state index >= 15 is 0 Å². The Bertz CT molecular complexity index is 1050. The molecule has 0 bridgehead atoms. The molecule has 1 unspecified atom stereocenters. The zero-order valence-electron chi connectivity index (χ0n) is 15.6. The van der Waals surface area contributed by atoms with E-state index < -0.39 is 5.82 Å². The van der Waals surface area contributed by atoms with Gasteiger partial charge in [0, 0.05) is 25.1 Å². The fourth-order valence-corrected chi connectivity index (χ4v) is 3.73. The number of halogens is 2. The molecule has 1 aromatic heterocycles. The zero-order valence-corrected chi connectivity index (χ0v) is 16.3. The summed E-state index contributed by atoms with van der Waals surface area (Å²) >= 11 is 5.83. The molecule has 1 aliphatic heterocycles. The average molecular weight is 400 g/mol. The van der Waals surface area contributed by atoms with Crippen LogP contribution in [-0.4, -0.2) is 27.5 Å². The minimum Gasteiger partial charge on any atom is -0.339 e. The molecule has 1 aliphatic rings. The van der Waals surface area contributed by atoms with Gasteiger partial charge in [-0.1, -0.05) is 46.6 Å². The van der Waals surface area contributed by atoms with Crippen LogP contribution < -0.4 is 0 Å². The lowest BCUT2D eigenvalue weighted by molar-refractivity contribution is -0.128. The Labute approximate surface area is 167 Å². The van der Waals surface area contributed by atoms with Crippen molar-refractivity contribution in [2.24, 2.45) is 0 Å². The number of aromatic nitrogens is 2. The molecular formula is C21H19ClFN3O2. The van der Waals surface area contributed by atoms with Crippen molar-refractivity contribution in [3.8, 4) is 11.4 Å². The maximum Gasteiger partial charge on any atom is 0.232 e. The second-order valence-electron chi connectivity index (χ2n) is 7.20. The van der Waals surface area contributed by atoms with E-state index in [0.717, 1.165) is 16.7 Å². The molecule has 1 saturated heterocycles. The highest BCUT2D eigenvalue weighted by Gasteiger charge is 2.34. The van der Waals surface area contributed by atoms with Crippen LogP contribution >= 0.6 is 11.6 Å². The lowest BCUT2D eigenvalue weighted by Gasteiger charge is -2.16. The van der Waals surface area contributed by atoms with E-state index in [1.54, 1.807) is 17.0 Å². The number of rotatable bonds is 4. The van der Waals surface area contributed by atoms with Crippen molar-refractivity contribution in [1.29, 1.82) is 0 Å². The van der Waals surface area contributed by atoms with Crippen molar-refractivity contribution in [2.75, 3.05) is 6.54 Å². The van der Waals surface area contributed by atoms with Gasteiger partial charge in [0.2, 0.25) is 17.6 Å². The van der Waals surface area contributed by atoms with E-state index in [9.17, 15) is 9.18 Å². The van der Waals surface area contributed by atoms with Gasteiger partial charge in [0.25, 0.3) is 0 Å². The Morgan fingerprint density at radius 2 is 2.07 bits per heavy atom. The van der Waals surface area contributed by atoms with Gasteiger partial charge in [0.1, 0.15) is 5.82 Å². The van der Waals surface area contributed by atoms with E-state index in [0.29, 0.717) is 31.2 Å². The van der Waals surface area contributed by atoms with Gasteiger partial charge in [-0.25, -0.2) is 4.39 Å². The van der Waals surface area contributed by atoms with Crippen LogP contribution in [0.4, 0.5) is 4.39 Å². The molecule has 0 N–H and O–H groups in total. The molecule has 1 fully saturated rings. The summed E-state index contributed by atoms with van der Waals surface area (Å²) in [6, 6.07) is 10.5. The van der Waals surface area contributed by atoms with Crippen LogP contribution in [-0.2, 0) is 11.3 Å². The minimum atomic E-state index is -0.471. The lowest BCUT2D eigenvalue weighted by atomic mass is 10.1. The average Bonchev–Trinajstić information content (AvgIpc) is 3.26. The molecule has 28 heavy (non-hydrogen) atoms. The Balaban J connectivity index is 1.49. The fraction of sp³-hybridized carbons (Fsp3) is 0.286. The van der Waals surface area contributed by atoms with Gasteiger partial charge in [-0.2, -0.15) is 4.98 Å². The normalized spacial score (nSPS) is 16.8. The van der Waals surface area contributed by atoms with Crippen LogP contribution in [0.3, 0.4) is 0 Å². The summed E-state index contributed by atoms with van der Waals surface area (Å²) in [5.41, 5.74) is 3.94. The summed E-state index contributed by atoms with van der Waals surface area (Å²) in [4.78, 5) is 18.6. The maximum absolute atomic E-state index is 13.3. The molecule has 2 heterocycles. The Morgan fingerprint density at radius 3 is 2.82 bits per heavy atom. The molecule has 7 heteroatoms. The number of nitrogens with zero attached hydrogens (tertiary/aromatic N) is 3. The van der Waals surface area contributed by atoms with Gasteiger partial charge in [0.15, 0.2) is 0 Å². The molecule has 0 saturated carbocycles. The van der Waals surface area contributed by atoms with Crippen LogP contribution in [0.25, 0.3) is 11.4 Å². The topological polar surface area (TPSA) is 59.2 Å². The molecule has 0 spiro atoms. The largest absolute Gasteiger partial charge is 0.339 e. The van der Waals surface area contributed by atoms with Crippen LogP contribution in [0.5, 0.6) is 0 Å². The molecule has 1 atom stereocenters. The van der Waals surface area contributed by atoms with Gasteiger partial charge in [-0.05, 0) is 37.1 Å². The summed E-state index contributed by atoms with van der Waals surface area (Å²) in [6.45, 7) is 4.88. The second kappa shape index (κ2) is 7.36. The summed E-state index contributed by atoms with van der Waals surface area (Å²) < 4.78 is 18.8. The molecule has 4 rings (SSSR count). The molecule has 0 radical (unpaired) electrons. The highest BCUT2D eigenvalue weighted by molar-refractivity contribution is 6.30. The monoisotopic (exact) mass is 399 g/mol. The highest BCUT2D eigenvalue weighted by atomic mass is 35.5. The third-order valence-electron chi connectivity index (χ3n) is 4.99. The van der Waals surface area contributed by atoms with Crippen molar-refractivity contribution in [3.05, 3.63) is 69.8 Å². The predicted molar refractivity (Wildman–Crippen MR) is 103 cm³/mol. The van der Waals surface area contributed by atoms with Crippen LogP contribution in [0.2, 0.25) is 5.02 Å². The van der Waals surface area contributed by atoms with E-state index in [1.807, 2.05) is 26.0 Å². The summed E-state index contributed by atoms with van der Waals surface area (Å²) in [7, 11) is 0. The highest BCUT2D eigenvalue weighted by Crippen LogP contribution is 2.31. The molecule has 0 aliphatic carbocycles. The summed E-state index contributed by atoms with van der Waals surface area (Å²) in [5, 5.41) is 4.15. The first-order chi connectivity index (χ1) is 13.4. The third kappa shape index (κ3) is 3.64. The molecule has 2 aromatic carbocycles. The number of carbonyl (C=O) groups is 1. The smallest absolute Gasteiger partial charge is 0.232 e. The summed E-state index contributed by atoms with van der Waals surface area (Å²) in [6.07, 6.45) is 0.309. The van der Waals surface area contributed by atoms with Gasteiger partial charge in [0.05, 0.1) is 10.9 Å². The Kier molecular flexibility index (Phi) is 4.89. The first-order valence-electron chi connectivity index (χ1n) is 9.03. The van der Waals surface area contributed by atoms with Gasteiger partial charge < -0.3 is 9.42 Å². The van der Waals surface area contributed by atoms with Crippen molar-refractivity contribution >= 4 is 17.5 Å². The fourth-order valence-electron chi connectivity index (χ4n) is 3.52. The first kappa shape index (κ1) is 18.6. The van der Waals surface area contributed by atoms with Crippen LogP contribution in [0.15, 0.2) is 40.9 Å². The van der Waals surface area contributed by atoms with Crippen molar-refractivity contribution in [2.45, 2.75) is 32.7 Å². The standard InChI is InChI=1S/C21H19ClFN3O2/c1-12-3-5-16(13(2)7-12)20-24-21(28-25-20)15-9-19(27)26(11-15)10-14-4-6-18(23)17(22)8-14/h3-8,15H,9-11H2,1-2H3. The number of benzene rings is 2. The molecule has 1 amide bonds. The van der Waals surface area contributed by atoms with Crippen molar-refractivity contribution < 1.29 is 13.7 Å². The van der Waals surface area contributed by atoms with Crippen molar-refractivity contribution in [3.63, 3.8) is 0 Å². The van der Waals surface area contributed by atoms with E-state index in [1.165, 1.54) is 11.6 Å². The molecular weight excluding hydrogens is 381 g/mol. The summed E-state index contributed by atoms with van der Waals surface area (Å²) in [5.74, 6) is 0.361. The predicted octanol–water partition coefficient (Wildman–Crippen LogP) is 4.66. The SMILES string of the molecule is Cc1ccc(-c2noc(C3CC(=O)N(Cc4ccc(F)c(Cl)c4)C3)n2)c(C)c1. The Hall–Kier alpha value is -2.73. The number of likely N-dealkylation sites (tertiary alicyclic amines) is 1. The lowest BCUT2D eigenvalue weighted by Crippen LogP contribution is -2.24. The maximum atomic E-state index is 13.3.